The Bertz CT molecular complexity index is 1480. The van der Waals surface area contributed by atoms with Crippen LogP contribution in [-0.4, -0.2) is 55.8 Å². The second kappa shape index (κ2) is 11.8. The molecule has 0 saturated carbocycles. The average Bonchev–Trinajstić information content (AvgIpc) is 3.43. The molecule has 2 aliphatic rings. The molecule has 3 N–H and O–H groups in total. The summed E-state index contributed by atoms with van der Waals surface area (Å²) < 4.78 is 61.3. The first kappa shape index (κ1) is 27.8. The van der Waals surface area contributed by atoms with Crippen LogP contribution in [-0.2, 0) is 16.6 Å². The molecule has 3 heterocycles. The maximum atomic E-state index is 13.8. The van der Waals surface area contributed by atoms with E-state index in [0.29, 0.717) is 23.2 Å². The van der Waals surface area contributed by atoms with E-state index in [9.17, 15) is 17.2 Å². The Hall–Kier alpha value is -3.74. The Labute approximate surface area is 232 Å². The zero-order chi connectivity index (χ0) is 28.3. The molecule has 12 heteroatoms. The van der Waals surface area contributed by atoms with Crippen molar-refractivity contribution < 1.29 is 21.6 Å². The highest BCUT2D eigenvalue weighted by Gasteiger charge is 2.33. The van der Waals surface area contributed by atoms with Gasteiger partial charge >= 0.3 is 0 Å². The van der Waals surface area contributed by atoms with E-state index in [-0.39, 0.29) is 23.5 Å². The average molecular weight is 571 g/mol. The second-order valence-corrected chi connectivity index (χ2v) is 11.9. The summed E-state index contributed by atoms with van der Waals surface area (Å²) in [7, 11) is -1.74. The summed E-state index contributed by atoms with van der Waals surface area (Å²) in [6, 6.07) is 11.6. The molecule has 0 spiro atoms. The number of likely N-dealkylation sites (tertiary alicyclic amines) is 1. The van der Waals surface area contributed by atoms with E-state index < -0.39 is 21.7 Å². The standard InChI is InChI=1S/C28H32F2N6O3S/c1-19-15-27(32-22-5-8-25(29)26(30)16-22)34-28(31-19)33-21-3-6-24(7-4-21)40(37,38)36(17-20-11-14-39-18-20)23-9-12-35(2)13-10-23/h3-8,11,14-16,18-19,23,32H,9-10,12-13,17H2,1-2H3,(H2,31,33,34). The molecular weight excluding hydrogens is 538 g/mol. The largest absolute Gasteiger partial charge is 0.472 e. The van der Waals surface area contributed by atoms with Crippen molar-refractivity contribution in [2.75, 3.05) is 30.8 Å². The van der Waals surface area contributed by atoms with Crippen molar-refractivity contribution in [2.45, 2.75) is 43.3 Å². The van der Waals surface area contributed by atoms with Gasteiger partial charge < -0.3 is 25.3 Å². The predicted octanol–water partition coefficient (Wildman–Crippen LogP) is 4.56. The third-order valence-electron chi connectivity index (χ3n) is 6.93. The Morgan fingerprint density at radius 3 is 2.45 bits per heavy atom. The van der Waals surface area contributed by atoms with Crippen molar-refractivity contribution in [1.82, 2.24) is 14.5 Å². The number of rotatable bonds is 8. The van der Waals surface area contributed by atoms with E-state index in [1.807, 2.05) is 14.0 Å². The highest BCUT2D eigenvalue weighted by molar-refractivity contribution is 7.89. The number of hydrogen-bond donors (Lipinski definition) is 3. The van der Waals surface area contributed by atoms with E-state index in [4.69, 9.17) is 4.42 Å². The van der Waals surface area contributed by atoms with Crippen molar-refractivity contribution in [1.29, 1.82) is 0 Å². The molecule has 5 rings (SSSR count). The number of benzene rings is 2. The smallest absolute Gasteiger partial charge is 0.243 e. The molecule has 40 heavy (non-hydrogen) atoms. The van der Waals surface area contributed by atoms with Crippen LogP contribution in [0, 0.1) is 11.6 Å². The van der Waals surface area contributed by atoms with Crippen molar-refractivity contribution in [2.24, 2.45) is 4.99 Å². The Kier molecular flexibility index (Phi) is 8.19. The van der Waals surface area contributed by atoms with Gasteiger partial charge in [0.1, 0.15) is 5.82 Å². The minimum Gasteiger partial charge on any atom is -0.472 e. The predicted molar refractivity (Wildman–Crippen MR) is 150 cm³/mol. The molecule has 0 amide bonds. The SMILES string of the molecule is CC1C=C(Nc2ccc(F)c(F)c2)NC(Nc2ccc(S(=O)(=O)N(Cc3ccoc3)C3CCN(C)CC3)cc2)=N1. The number of piperidine rings is 1. The zero-order valence-electron chi connectivity index (χ0n) is 22.3. The molecule has 2 aromatic carbocycles. The van der Waals surface area contributed by atoms with E-state index in [0.717, 1.165) is 43.6 Å². The van der Waals surface area contributed by atoms with Crippen LogP contribution in [0.25, 0.3) is 0 Å². The number of furan rings is 1. The van der Waals surface area contributed by atoms with E-state index in [2.05, 4.69) is 25.8 Å². The normalized spacial score (nSPS) is 18.7. The fourth-order valence-electron chi connectivity index (χ4n) is 4.79. The van der Waals surface area contributed by atoms with E-state index in [1.54, 1.807) is 53.2 Å². The quantitative estimate of drug-likeness (QED) is 0.365. The molecule has 2 aliphatic heterocycles. The van der Waals surface area contributed by atoms with Crippen LogP contribution in [0.2, 0.25) is 0 Å². The summed E-state index contributed by atoms with van der Waals surface area (Å²) in [4.78, 5) is 6.92. The molecule has 1 saturated heterocycles. The second-order valence-electron chi connectivity index (χ2n) is 10.0. The number of aliphatic imine (C=N–C) groups is 1. The van der Waals surface area contributed by atoms with Gasteiger partial charge in [0.15, 0.2) is 11.6 Å². The molecular formula is C28H32F2N6O3S. The van der Waals surface area contributed by atoms with Gasteiger partial charge in [-0.15, -0.1) is 0 Å². The number of anilines is 2. The number of hydrogen-bond acceptors (Lipinski definition) is 8. The first-order chi connectivity index (χ1) is 19.2. The minimum absolute atomic E-state index is 0.108. The molecule has 3 aromatic rings. The number of nitrogens with one attached hydrogen (secondary N) is 3. The molecule has 212 valence electrons. The van der Waals surface area contributed by atoms with Crippen LogP contribution in [0.3, 0.4) is 0 Å². The highest BCUT2D eigenvalue weighted by Crippen LogP contribution is 2.27. The molecule has 1 aromatic heterocycles. The van der Waals surface area contributed by atoms with Gasteiger partial charge in [0.05, 0.1) is 23.5 Å². The fraction of sp³-hybridized carbons (Fsp3) is 0.321. The van der Waals surface area contributed by atoms with Crippen molar-refractivity contribution in [3.8, 4) is 0 Å². The van der Waals surface area contributed by atoms with Gasteiger partial charge in [-0.05, 0) is 88.4 Å². The van der Waals surface area contributed by atoms with Gasteiger partial charge in [-0.2, -0.15) is 4.31 Å². The summed E-state index contributed by atoms with van der Waals surface area (Å²) in [6.45, 7) is 3.79. The van der Waals surface area contributed by atoms with E-state index in [1.165, 1.54) is 6.07 Å². The molecule has 0 radical (unpaired) electrons. The summed E-state index contributed by atoms with van der Waals surface area (Å²) >= 11 is 0. The van der Waals surface area contributed by atoms with Gasteiger partial charge in [-0.1, -0.05) is 0 Å². The van der Waals surface area contributed by atoms with Crippen LogP contribution in [0.1, 0.15) is 25.3 Å². The maximum Gasteiger partial charge on any atom is 0.243 e. The summed E-state index contributed by atoms with van der Waals surface area (Å²) in [5, 5.41) is 9.26. The lowest BCUT2D eigenvalue weighted by atomic mass is 10.1. The zero-order valence-corrected chi connectivity index (χ0v) is 23.1. The topological polar surface area (TPSA) is 102 Å². The number of nitrogens with zero attached hydrogens (tertiary/aromatic N) is 3. The minimum atomic E-state index is -3.78. The first-order valence-corrected chi connectivity index (χ1v) is 14.5. The summed E-state index contributed by atoms with van der Waals surface area (Å²) in [5.41, 5.74) is 1.81. The van der Waals surface area contributed by atoms with Crippen molar-refractivity contribution in [3.05, 3.63) is 90.2 Å². The molecule has 1 fully saturated rings. The van der Waals surface area contributed by atoms with E-state index >= 15 is 0 Å². The van der Waals surface area contributed by atoms with Gasteiger partial charge in [-0.25, -0.2) is 22.2 Å². The summed E-state index contributed by atoms with van der Waals surface area (Å²) in [6.07, 6.45) is 6.44. The third-order valence-corrected chi connectivity index (χ3v) is 8.84. The molecule has 9 nitrogen and oxygen atoms in total. The van der Waals surface area contributed by atoms with Gasteiger partial charge in [-0.3, -0.25) is 0 Å². The molecule has 1 unspecified atom stereocenters. The van der Waals surface area contributed by atoms with Gasteiger partial charge in [0.25, 0.3) is 0 Å². The van der Waals surface area contributed by atoms with Crippen molar-refractivity contribution >= 4 is 27.4 Å². The first-order valence-electron chi connectivity index (χ1n) is 13.0. The number of halogens is 2. The Morgan fingerprint density at radius 2 is 1.77 bits per heavy atom. The van der Waals surface area contributed by atoms with Crippen LogP contribution in [0.15, 0.2) is 87.3 Å². The maximum absolute atomic E-state index is 13.8. The number of sulfonamides is 1. The van der Waals surface area contributed by atoms with Crippen LogP contribution in [0.4, 0.5) is 20.2 Å². The lowest BCUT2D eigenvalue weighted by molar-refractivity contribution is 0.179. The van der Waals surface area contributed by atoms with Gasteiger partial charge in [0.2, 0.25) is 16.0 Å². The van der Waals surface area contributed by atoms with Gasteiger partial charge in [0, 0.05) is 35.6 Å². The lowest BCUT2D eigenvalue weighted by Gasteiger charge is -2.36. The monoisotopic (exact) mass is 570 g/mol. The Balaban J connectivity index is 1.28. The van der Waals surface area contributed by atoms with Crippen LogP contribution >= 0.6 is 0 Å². The fourth-order valence-corrected chi connectivity index (χ4v) is 6.46. The molecule has 1 atom stereocenters. The third kappa shape index (κ3) is 6.52. The number of guanidine groups is 1. The van der Waals surface area contributed by atoms with Crippen LogP contribution < -0.4 is 16.0 Å². The lowest BCUT2D eigenvalue weighted by Crippen LogP contribution is -2.46. The molecule has 0 aliphatic carbocycles. The molecule has 0 bridgehead atoms. The summed E-state index contributed by atoms with van der Waals surface area (Å²) in [5.74, 6) is -0.905. The highest BCUT2D eigenvalue weighted by atomic mass is 32.2. The Morgan fingerprint density at radius 1 is 1.05 bits per heavy atom. The van der Waals surface area contributed by atoms with Crippen molar-refractivity contribution in [3.63, 3.8) is 0 Å². The van der Waals surface area contributed by atoms with Crippen LogP contribution in [0.5, 0.6) is 0 Å².